The molecule has 0 aliphatic heterocycles. The van der Waals surface area contributed by atoms with Crippen LogP contribution >= 0.6 is 0 Å². The Bertz CT molecular complexity index is 897. The molecular formula is C12H13N5O3S. The SMILES string of the molecule is CNc1nc2ccccn2c1S(=O)(=O)Nc1cc(C)no1. The second-order valence-corrected chi connectivity index (χ2v) is 5.98. The molecule has 3 heterocycles. The third-order valence-electron chi connectivity index (χ3n) is 2.84. The Balaban J connectivity index is 2.13. The minimum absolute atomic E-state index is 0.00894. The summed E-state index contributed by atoms with van der Waals surface area (Å²) in [5.74, 6) is 0.311. The summed E-state index contributed by atoms with van der Waals surface area (Å²) < 4.78 is 33.9. The second kappa shape index (κ2) is 4.77. The van der Waals surface area contributed by atoms with E-state index in [0.29, 0.717) is 11.3 Å². The Labute approximate surface area is 120 Å². The molecule has 8 nitrogen and oxygen atoms in total. The molecular weight excluding hydrogens is 294 g/mol. The summed E-state index contributed by atoms with van der Waals surface area (Å²) in [6.45, 7) is 1.70. The van der Waals surface area contributed by atoms with Crippen LogP contribution in [0.5, 0.6) is 0 Å². The number of anilines is 2. The van der Waals surface area contributed by atoms with Crippen molar-refractivity contribution in [1.29, 1.82) is 0 Å². The average molecular weight is 307 g/mol. The number of rotatable bonds is 4. The van der Waals surface area contributed by atoms with Crippen molar-refractivity contribution in [1.82, 2.24) is 14.5 Å². The topological polar surface area (TPSA) is 102 Å². The van der Waals surface area contributed by atoms with E-state index in [1.54, 1.807) is 38.4 Å². The maximum absolute atomic E-state index is 12.6. The molecule has 0 saturated carbocycles. The molecule has 110 valence electrons. The molecule has 0 aliphatic carbocycles. The van der Waals surface area contributed by atoms with Gasteiger partial charge in [0.15, 0.2) is 5.82 Å². The van der Waals surface area contributed by atoms with Gasteiger partial charge in [0.25, 0.3) is 10.0 Å². The first kappa shape index (κ1) is 13.4. The summed E-state index contributed by atoms with van der Waals surface area (Å²) in [6.07, 6.45) is 1.63. The van der Waals surface area contributed by atoms with Crippen molar-refractivity contribution in [2.24, 2.45) is 0 Å². The molecule has 0 saturated heterocycles. The summed E-state index contributed by atoms with van der Waals surface area (Å²) in [4.78, 5) is 4.23. The van der Waals surface area contributed by atoms with Crippen molar-refractivity contribution >= 4 is 27.4 Å². The summed E-state index contributed by atoms with van der Waals surface area (Å²) >= 11 is 0. The van der Waals surface area contributed by atoms with Gasteiger partial charge >= 0.3 is 0 Å². The third-order valence-corrected chi connectivity index (χ3v) is 4.21. The number of sulfonamides is 1. The predicted octanol–water partition coefficient (Wildman–Crippen LogP) is 1.47. The molecule has 0 aliphatic rings. The fourth-order valence-corrected chi connectivity index (χ4v) is 3.26. The van der Waals surface area contributed by atoms with Crippen molar-refractivity contribution < 1.29 is 12.9 Å². The Kier molecular flexibility index (Phi) is 3.05. The van der Waals surface area contributed by atoms with Crippen LogP contribution < -0.4 is 10.0 Å². The highest BCUT2D eigenvalue weighted by Gasteiger charge is 2.26. The van der Waals surface area contributed by atoms with Crippen LogP contribution in [0.25, 0.3) is 5.65 Å². The maximum atomic E-state index is 12.6. The van der Waals surface area contributed by atoms with Crippen LogP contribution in [0.3, 0.4) is 0 Å². The quantitative estimate of drug-likeness (QED) is 0.757. The minimum Gasteiger partial charge on any atom is -0.371 e. The number of hydrogen-bond acceptors (Lipinski definition) is 6. The highest BCUT2D eigenvalue weighted by atomic mass is 32.2. The number of nitrogens with zero attached hydrogens (tertiary/aromatic N) is 3. The molecule has 3 aromatic heterocycles. The number of aryl methyl sites for hydroxylation is 1. The van der Waals surface area contributed by atoms with Gasteiger partial charge in [-0.05, 0) is 19.1 Å². The molecule has 0 amide bonds. The standard InChI is InChI=1S/C12H13N5O3S/c1-8-7-10(20-15-8)16-21(18,19)12-11(13-2)14-9-5-3-4-6-17(9)12/h3-7,13,16H,1-2H3. The number of imidazole rings is 1. The monoisotopic (exact) mass is 307 g/mol. The van der Waals surface area contributed by atoms with Gasteiger partial charge in [-0.15, -0.1) is 0 Å². The molecule has 2 N–H and O–H groups in total. The first-order valence-electron chi connectivity index (χ1n) is 6.12. The zero-order chi connectivity index (χ0) is 15.0. The Hall–Kier alpha value is -2.55. The van der Waals surface area contributed by atoms with Crippen LogP contribution in [0.4, 0.5) is 11.7 Å². The number of nitrogens with one attached hydrogen (secondary N) is 2. The lowest BCUT2D eigenvalue weighted by atomic mass is 10.5. The molecule has 9 heteroatoms. The van der Waals surface area contributed by atoms with Gasteiger partial charge in [0.1, 0.15) is 5.65 Å². The summed E-state index contributed by atoms with van der Waals surface area (Å²) in [6, 6.07) is 6.73. The van der Waals surface area contributed by atoms with Crippen LogP contribution in [0.2, 0.25) is 0 Å². The predicted molar refractivity (Wildman–Crippen MR) is 76.8 cm³/mol. The van der Waals surface area contributed by atoms with Gasteiger partial charge in [-0.2, -0.15) is 8.42 Å². The number of fused-ring (bicyclic) bond motifs is 1. The van der Waals surface area contributed by atoms with Crippen LogP contribution in [0.15, 0.2) is 40.0 Å². The molecule has 0 unspecified atom stereocenters. The van der Waals surface area contributed by atoms with Crippen LogP contribution in [-0.2, 0) is 10.0 Å². The van der Waals surface area contributed by atoms with E-state index in [4.69, 9.17) is 4.52 Å². The van der Waals surface area contributed by atoms with E-state index in [2.05, 4.69) is 20.2 Å². The first-order valence-corrected chi connectivity index (χ1v) is 7.60. The maximum Gasteiger partial charge on any atom is 0.284 e. The fourth-order valence-electron chi connectivity index (χ4n) is 1.99. The molecule has 0 bridgehead atoms. The van der Waals surface area contributed by atoms with Gasteiger partial charge in [-0.1, -0.05) is 11.2 Å². The van der Waals surface area contributed by atoms with Crippen molar-refractivity contribution in [2.75, 3.05) is 17.1 Å². The Morgan fingerprint density at radius 3 is 2.81 bits per heavy atom. The molecule has 0 fully saturated rings. The molecule has 3 aromatic rings. The van der Waals surface area contributed by atoms with E-state index in [0.717, 1.165) is 0 Å². The average Bonchev–Trinajstić information content (AvgIpc) is 3.01. The van der Waals surface area contributed by atoms with Gasteiger partial charge in [0, 0.05) is 19.3 Å². The number of hydrogen-bond donors (Lipinski definition) is 2. The molecule has 0 radical (unpaired) electrons. The number of pyridine rings is 1. The summed E-state index contributed by atoms with van der Waals surface area (Å²) in [5.41, 5.74) is 1.11. The molecule has 21 heavy (non-hydrogen) atoms. The second-order valence-electron chi connectivity index (χ2n) is 4.38. The van der Waals surface area contributed by atoms with Gasteiger partial charge in [-0.25, -0.2) is 9.71 Å². The van der Waals surface area contributed by atoms with E-state index in [9.17, 15) is 8.42 Å². The van der Waals surface area contributed by atoms with Gasteiger partial charge in [0.05, 0.1) is 5.69 Å². The van der Waals surface area contributed by atoms with Gasteiger partial charge in [0.2, 0.25) is 10.9 Å². The van der Waals surface area contributed by atoms with Crippen LogP contribution in [0.1, 0.15) is 5.69 Å². The van der Waals surface area contributed by atoms with Crippen LogP contribution in [-0.4, -0.2) is 30.0 Å². The van der Waals surface area contributed by atoms with Crippen molar-refractivity contribution in [3.05, 3.63) is 36.2 Å². The van der Waals surface area contributed by atoms with Crippen molar-refractivity contribution in [3.63, 3.8) is 0 Å². The lowest BCUT2D eigenvalue weighted by molar-refractivity contribution is 0.430. The van der Waals surface area contributed by atoms with E-state index in [-0.39, 0.29) is 16.7 Å². The summed E-state index contributed by atoms with van der Waals surface area (Å²) in [5, 5.41) is 6.44. The zero-order valence-corrected chi connectivity index (χ0v) is 12.2. The summed E-state index contributed by atoms with van der Waals surface area (Å²) in [7, 11) is -2.26. The highest BCUT2D eigenvalue weighted by Crippen LogP contribution is 2.24. The third kappa shape index (κ3) is 2.31. The van der Waals surface area contributed by atoms with Crippen LogP contribution in [0, 0.1) is 6.92 Å². The molecule has 0 spiro atoms. The smallest absolute Gasteiger partial charge is 0.284 e. The Morgan fingerprint density at radius 2 is 2.14 bits per heavy atom. The van der Waals surface area contributed by atoms with E-state index in [1.165, 1.54) is 10.5 Å². The van der Waals surface area contributed by atoms with E-state index < -0.39 is 10.0 Å². The lowest BCUT2D eigenvalue weighted by Crippen LogP contribution is -2.16. The Morgan fingerprint density at radius 1 is 1.33 bits per heavy atom. The molecule has 3 rings (SSSR count). The van der Waals surface area contributed by atoms with Gasteiger partial charge in [-0.3, -0.25) is 4.40 Å². The largest absolute Gasteiger partial charge is 0.371 e. The van der Waals surface area contributed by atoms with Crippen molar-refractivity contribution in [2.45, 2.75) is 11.9 Å². The molecule has 0 aromatic carbocycles. The first-order chi connectivity index (χ1) is 10.0. The fraction of sp³-hybridized carbons (Fsp3) is 0.167. The zero-order valence-electron chi connectivity index (χ0n) is 11.4. The molecule has 0 atom stereocenters. The number of aromatic nitrogens is 3. The van der Waals surface area contributed by atoms with E-state index in [1.807, 2.05) is 0 Å². The normalized spacial score (nSPS) is 11.7. The highest BCUT2D eigenvalue weighted by molar-refractivity contribution is 7.92. The van der Waals surface area contributed by atoms with E-state index >= 15 is 0 Å². The minimum atomic E-state index is -3.87. The lowest BCUT2D eigenvalue weighted by Gasteiger charge is -2.06. The van der Waals surface area contributed by atoms with Gasteiger partial charge < -0.3 is 9.84 Å². The van der Waals surface area contributed by atoms with Crippen molar-refractivity contribution in [3.8, 4) is 0 Å².